The van der Waals surface area contributed by atoms with Crippen LogP contribution in [-0.2, 0) is 14.3 Å². The van der Waals surface area contributed by atoms with Gasteiger partial charge in [0.25, 0.3) is 5.91 Å². The fraction of sp³-hybridized carbons (Fsp3) is 0.933. The first-order valence-corrected chi connectivity index (χ1v) is 7.72. The first-order chi connectivity index (χ1) is 9.16. The van der Waals surface area contributed by atoms with E-state index in [1.807, 2.05) is 18.7 Å². The molecule has 1 amide bonds. The fourth-order valence-corrected chi connectivity index (χ4v) is 3.00. The maximum absolute atomic E-state index is 12.3. The first-order valence-electron chi connectivity index (χ1n) is 7.72. The van der Waals surface area contributed by atoms with Gasteiger partial charge in [-0.25, -0.2) is 0 Å². The molecule has 0 N–H and O–H groups in total. The second kappa shape index (κ2) is 7.25. The van der Waals surface area contributed by atoms with E-state index >= 15 is 0 Å². The van der Waals surface area contributed by atoms with Gasteiger partial charge >= 0.3 is 0 Å². The Morgan fingerprint density at radius 3 is 2.58 bits per heavy atom. The molecule has 2 aliphatic rings. The molecule has 0 bridgehead atoms. The molecule has 0 radical (unpaired) electrons. The van der Waals surface area contributed by atoms with Crippen molar-refractivity contribution in [1.82, 2.24) is 4.90 Å². The number of hydrogen-bond donors (Lipinski definition) is 0. The number of nitrogens with zero attached hydrogens (tertiary/aromatic N) is 1. The number of ether oxygens (including phenoxy) is 2. The van der Waals surface area contributed by atoms with Gasteiger partial charge in [0.15, 0.2) is 0 Å². The molecule has 2 atom stereocenters. The molecule has 4 nitrogen and oxygen atoms in total. The summed E-state index contributed by atoms with van der Waals surface area (Å²) in [5, 5.41) is 0. The topological polar surface area (TPSA) is 38.8 Å². The summed E-state index contributed by atoms with van der Waals surface area (Å²) in [6, 6.07) is 0. The van der Waals surface area contributed by atoms with Crippen LogP contribution in [0.15, 0.2) is 0 Å². The molecular formula is C15H27NO3. The van der Waals surface area contributed by atoms with E-state index in [1.165, 1.54) is 25.7 Å². The standard InChI is InChI=1S/C15H27NO3/c1-12-11-16(9-10-18-12)15(17)13(2)19-14-7-5-3-4-6-8-14/h12-14H,3-11H2,1-2H3. The Bertz CT molecular complexity index is 287. The molecule has 4 heteroatoms. The van der Waals surface area contributed by atoms with Gasteiger partial charge in [-0.3, -0.25) is 4.79 Å². The smallest absolute Gasteiger partial charge is 0.251 e. The highest BCUT2D eigenvalue weighted by molar-refractivity contribution is 5.80. The molecule has 0 aromatic carbocycles. The van der Waals surface area contributed by atoms with Crippen molar-refractivity contribution in [2.75, 3.05) is 19.7 Å². The quantitative estimate of drug-likeness (QED) is 0.738. The van der Waals surface area contributed by atoms with Crippen LogP contribution in [0.3, 0.4) is 0 Å². The van der Waals surface area contributed by atoms with Gasteiger partial charge in [-0.15, -0.1) is 0 Å². The van der Waals surface area contributed by atoms with E-state index < -0.39 is 0 Å². The summed E-state index contributed by atoms with van der Waals surface area (Å²) in [6.45, 7) is 5.94. The lowest BCUT2D eigenvalue weighted by Crippen LogP contribution is -2.48. The van der Waals surface area contributed by atoms with Crippen molar-refractivity contribution in [3.8, 4) is 0 Å². The molecule has 1 heterocycles. The Balaban J connectivity index is 1.80. The number of carbonyl (C=O) groups excluding carboxylic acids is 1. The molecule has 0 spiro atoms. The molecule has 110 valence electrons. The Labute approximate surface area is 116 Å². The van der Waals surface area contributed by atoms with Gasteiger partial charge in [0.1, 0.15) is 6.10 Å². The van der Waals surface area contributed by atoms with Crippen LogP contribution in [0.1, 0.15) is 52.4 Å². The molecule has 1 saturated carbocycles. The molecule has 0 aromatic rings. The highest BCUT2D eigenvalue weighted by atomic mass is 16.5. The third-order valence-corrected chi connectivity index (χ3v) is 4.10. The third kappa shape index (κ3) is 4.46. The lowest BCUT2D eigenvalue weighted by Gasteiger charge is -2.33. The highest BCUT2D eigenvalue weighted by Crippen LogP contribution is 2.21. The maximum Gasteiger partial charge on any atom is 0.251 e. The van der Waals surface area contributed by atoms with E-state index in [1.54, 1.807) is 0 Å². The number of carbonyl (C=O) groups is 1. The normalized spacial score (nSPS) is 27.9. The van der Waals surface area contributed by atoms with E-state index in [9.17, 15) is 4.79 Å². The van der Waals surface area contributed by atoms with E-state index in [-0.39, 0.29) is 24.2 Å². The summed E-state index contributed by atoms with van der Waals surface area (Å²) in [5.74, 6) is 0.124. The molecule has 2 unspecified atom stereocenters. The van der Waals surface area contributed by atoms with E-state index in [0.29, 0.717) is 19.7 Å². The van der Waals surface area contributed by atoms with Gasteiger partial charge < -0.3 is 14.4 Å². The van der Waals surface area contributed by atoms with Crippen molar-refractivity contribution in [2.24, 2.45) is 0 Å². The molecule has 0 aromatic heterocycles. The van der Waals surface area contributed by atoms with Crippen LogP contribution >= 0.6 is 0 Å². The Kier molecular flexibility index (Phi) is 5.64. The number of morpholine rings is 1. The van der Waals surface area contributed by atoms with Gasteiger partial charge in [-0.1, -0.05) is 25.7 Å². The second-order valence-corrected chi connectivity index (χ2v) is 5.86. The van der Waals surface area contributed by atoms with Crippen molar-refractivity contribution in [2.45, 2.75) is 70.7 Å². The Morgan fingerprint density at radius 1 is 1.26 bits per heavy atom. The van der Waals surface area contributed by atoms with Crippen molar-refractivity contribution in [1.29, 1.82) is 0 Å². The molecule has 1 saturated heterocycles. The van der Waals surface area contributed by atoms with Crippen LogP contribution in [0.5, 0.6) is 0 Å². The Hall–Kier alpha value is -0.610. The molecule has 2 rings (SSSR count). The lowest BCUT2D eigenvalue weighted by atomic mass is 10.1. The zero-order valence-corrected chi connectivity index (χ0v) is 12.3. The number of hydrogen-bond acceptors (Lipinski definition) is 3. The minimum Gasteiger partial charge on any atom is -0.375 e. The van der Waals surface area contributed by atoms with E-state index in [4.69, 9.17) is 9.47 Å². The molecular weight excluding hydrogens is 242 g/mol. The summed E-state index contributed by atoms with van der Waals surface area (Å²) >= 11 is 0. The second-order valence-electron chi connectivity index (χ2n) is 5.86. The van der Waals surface area contributed by atoms with Crippen LogP contribution in [-0.4, -0.2) is 48.8 Å². The predicted molar refractivity (Wildman–Crippen MR) is 74.0 cm³/mol. The predicted octanol–water partition coefficient (Wildman–Crippen LogP) is 2.36. The summed E-state index contributed by atoms with van der Waals surface area (Å²) in [5.41, 5.74) is 0. The van der Waals surface area contributed by atoms with Crippen LogP contribution in [0, 0.1) is 0 Å². The monoisotopic (exact) mass is 269 g/mol. The zero-order chi connectivity index (χ0) is 13.7. The van der Waals surface area contributed by atoms with Crippen LogP contribution in [0.25, 0.3) is 0 Å². The average Bonchev–Trinajstić information content (AvgIpc) is 2.66. The summed E-state index contributed by atoms with van der Waals surface area (Å²) in [7, 11) is 0. The maximum atomic E-state index is 12.3. The fourth-order valence-electron chi connectivity index (χ4n) is 3.00. The van der Waals surface area contributed by atoms with Gasteiger partial charge in [0.05, 0.1) is 18.8 Å². The third-order valence-electron chi connectivity index (χ3n) is 4.10. The Morgan fingerprint density at radius 2 is 1.95 bits per heavy atom. The lowest BCUT2D eigenvalue weighted by molar-refractivity contribution is -0.153. The van der Waals surface area contributed by atoms with Crippen LogP contribution in [0.2, 0.25) is 0 Å². The SMILES string of the molecule is CC1CN(C(=O)C(C)OC2CCCCCC2)CCO1. The number of amides is 1. The summed E-state index contributed by atoms with van der Waals surface area (Å²) in [4.78, 5) is 14.2. The van der Waals surface area contributed by atoms with E-state index in [2.05, 4.69) is 0 Å². The molecule has 2 fully saturated rings. The summed E-state index contributed by atoms with van der Waals surface area (Å²) in [6.07, 6.45) is 7.41. The van der Waals surface area contributed by atoms with Gasteiger partial charge in [-0.2, -0.15) is 0 Å². The molecule has 1 aliphatic heterocycles. The van der Waals surface area contributed by atoms with Crippen molar-refractivity contribution in [3.05, 3.63) is 0 Å². The van der Waals surface area contributed by atoms with Crippen LogP contribution in [0.4, 0.5) is 0 Å². The zero-order valence-electron chi connectivity index (χ0n) is 12.3. The van der Waals surface area contributed by atoms with Crippen LogP contribution < -0.4 is 0 Å². The number of rotatable bonds is 3. The van der Waals surface area contributed by atoms with Gasteiger partial charge in [0, 0.05) is 13.1 Å². The largest absolute Gasteiger partial charge is 0.375 e. The minimum atomic E-state index is -0.312. The van der Waals surface area contributed by atoms with Gasteiger partial charge in [-0.05, 0) is 26.7 Å². The minimum absolute atomic E-state index is 0.124. The van der Waals surface area contributed by atoms with E-state index in [0.717, 1.165) is 12.8 Å². The molecule has 1 aliphatic carbocycles. The van der Waals surface area contributed by atoms with Gasteiger partial charge in [0.2, 0.25) is 0 Å². The average molecular weight is 269 g/mol. The van der Waals surface area contributed by atoms with Crippen molar-refractivity contribution in [3.63, 3.8) is 0 Å². The highest BCUT2D eigenvalue weighted by Gasteiger charge is 2.27. The molecule has 19 heavy (non-hydrogen) atoms. The van der Waals surface area contributed by atoms with Crippen molar-refractivity contribution < 1.29 is 14.3 Å². The van der Waals surface area contributed by atoms with Crippen molar-refractivity contribution >= 4 is 5.91 Å². The first kappa shape index (κ1) is 14.8. The summed E-state index contributed by atoms with van der Waals surface area (Å²) < 4.78 is 11.5.